The molecule has 0 aliphatic heterocycles. The van der Waals surface area contributed by atoms with Gasteiger partial charge in [0.2, 0.25) is 0 Å². The number of hydrogen-bond donors (Lipinski definition) is 2. The van der Waals surface area contributed by atoms with Crippen LogP contribution in [-0.2, 0) is 38.7 Å². The van der Waals surface area contributed by atoms with E-state index < -0.39 is 63.0 Å². The number of carbonyl (C=O) groups is 2. The smallest absolute Gasteiger partial charge is 0.416 e. The number of aliphatic imine (C=N–C) groups is 1. The molecular formula is C34H47F6N3O3. The topological polar surface area (TPSA) is 108 Å². The molecule has 0 aliphatic rings. The summed E-state index contributed by atoms with van der Waals surface area (Å²) in [6.07, 6.45) is -9.12. The molecule has 46 heavy (non-hydrogen) atoms. The fraction of sp³-hybridized carbons (Fsp3) is 0.559. The largest absolute Gasteiger partial charge is 0.465 e. The number of esters is 1. The minimum Gasteiger partial charge on any atom is -0.465 e. The van der Waals surface area contributed by atoms with Crippen molar-refractivity contribution in [1.82, 2.24) is 0 Å². The highest BCUT2D eigenvalue weighted by Crippen LogP contribution is 2.43. The van der Waals surface area contributed by atoms with E-state index in [2.05, 4.69) is 9.73 Å². The Morgan fingerprint density at radius 1 is 0.543 bits per heavy atom. The number of carbonyl (C=O) groups excluding carboxylic acids is 2. The highest BCUT2D eigenvalue weighted by Gasteiger charge is 2.40. The lowest BCUT2D eigenvalue weighted by molar-refractivity contribution is -0.139. The van der Waals surface area contributed by atoms with Crippen LogP contribution in [0.25, 0.3) is 0 Å². The van der Waals surface area contributed by atoms with E-state index in [9.17, 15) is 35.9 Å². The number of benzene rings is 2. The van der Waals surface area contributed by atoms with Crippen molar-refractivity contribution in [3.05, 3.63) is 68.8 Å². The summed E-state index contributed by atoms with van der Waals surface area (Å²) in [6.45, 7) is 21.3. The van der Waals surface area contributed by atoms with Gasteiger partial charge in [0, 0.05) is 5.56 Å². The number of nitrogens with zero attached hydrogens (tertiary/aromatic N) is 1. The zero-order valence-electron chi connectivity index (χ0n) is 28.9. The molecule has 0 unspecified atom stereocenters. The molecule has 0 aromatic heterocycles. The van der Waals surface area contributed by atoms with E-state index >= 15 is 0 Å². The number of ether oxygens (including phenoxy) is 1. The van der Waals surface area contributed by atoms with Gasteiger partial charge in [0.1, 0.15) is 0 Å². The standard InChI is InChI=1S/C17H24F3N3O.C17H23F3O2/c1-15(2,3)10-8-11(16(4,5)6)12(17(18,19)20)7-9(10)13(24)23-14(21)22;1-15(2,3)11-9-12(16(4,5)6)13(17(18,19)20)8-10(11)14(21)22-7/h7-8H,1-6H3,(H4,21,22,23,24);8-9H,1-7H3. The predicted octanol–water partition coefficient (Wildman–Crippen LogP) is 8.80. The third-order valence-electron chi connectivity index (χ3n) is 7.02. The van der Waals surface area contributed by atoms with Gasteiger partial charge in [-0.05, 0) is 56.0 Å². The first-order valence-electron chi connectivity index (χ1n) is 14.5. The molecule has 2 aromatic carbocycles. The van der Waals surface area contributed by atoms with Crippen LogP contribution in [0.15, 0.2) is 29.3 Å². The molecule has 0 atom stereocenters. The summed E-state index contributed by atoms with van der Waals surface area (Å²) in [5, 5.41) is 0. The summed E-state index contributed by atoms with van der Waals surface area (Å²) < 4.78 is 85.4. The Kier molecular flexibility index (Phi) is 11.7. The maximum absolute atomic E-state index is 13.5. The number of rotatable bonds is 2. The van der Waals surface area contributed by atoms with Crippen molar-refractivity contribution < 1.29 is 40.7 Å². The van der Waals surface area contributed by atoms with Gasteiger partial charge in [0.05, 0.1) is 23.8 Å². The van der Waals surface area contributed by atoms with Crippen LogP contribution in [0.1, 0.15) is 137 Å². The van der Waals surface area contributed by atoms with E-state index in [4.69, 9.17) is 11.5 Å². The quantitative estimate of drug-likeness (QED) is 0.145. The lowest BCUT2D eigenvalue weighted by atomic mass is 9.76. The molecule has 2 rings (SSSR count). The molecule has 12 heteroatoms. The highest BCUT2D eigenvalue weighted by atomic mass is 19.4. The van der Waals surface area contributed by atoms with E-state index in [1.807, 2.05) is 41.5 Å². The molecule has 0 aliphatic carbocycles. The lowest BCUT2D eigenvalue weighted by Crippen LogP contribution is -2.27. The van der Waals surface area contributed by atoms with Crippen molar-refractivity contribution in [2.45, 2.75) is 117 Å². The van der Waals surface area contributed by atoms with Crippen molar-refractivity contribution in [2.75, 3.05) is 7.11 Å². The van der Waals surface area contributed by atoms with Gasteiger partial charge < -0.3 is 16.2 Å². The Morgan fingerprint density at radius 2 is 0.848 bits per heavy atom. The average Bonchev–Trinajstić information content (AvgIpc) is 2.83. The highest BCUT2D eigenvalue weighted by molar-refractivity contribution is 6.03. The van der Waals surface area contributed by atoms with Crippen molar-refractivity contribution in [2.24, 2.45) is 16.5 Å². The van der Waals surface area contributed by atoms with Gasteiger partial charge in [-0.25, -0.2) is 4.79 Å². The van der Waals surface area contributed by atoms with Gasteiger partial charge in [0.15, 0.2) is 5.96 Å². The van der Waals surface area contributed by atoms with Gasteiger partial charge in [0.25, 0.3) is 5.91 Å². The van der Waals surface area contributed by atoms with Crippen LogP contribution >= 0.6 is 0 Å². The predicted molar refractivity (Wildman–Crippen MR) is 169 cm³/mol. The normalized spacial score (nSPS) is 13.0. The molecule has 0 saturated carbocycles. The summed E-state index contributed by atoms with van der Waals surface area (Å²) in [7, 11) is 1.17. The molecule has 1 amide bonds. The van der Waals surface area contributed by atoms with Gasteiger partial charge in [-0.15, -0.1) is 0 Å². The lowest BCUT2D eigenvalue weighted by Gasteiger charge is -2.30. The van der Waals surface area contributed by atoms with E-state index in [1.54, 1.807) is 41.5 Å². The molecule has 6 nitrogen and oxygen atoms in total. The molecule has 0 spiro atoms. The van der Waals surface area contributed by atoms with Crippen LogP contribution in [0, 0.1) is 0 Å². The van der Waals surface area contributed by atoms with Gasteiger partial charge in [-0.1, -0.05) is 95.2 Å². The molecule has 0 saturated heterocycles. The van der Waals surface area contributed by atoms with E-state index in [-0.39, 0.29) is 22.3 Å². The second-order valence-electron chi connectivity index (χ2n) is 15.2. The van der Waals surface area contributed by atoms with Gasteiger partial charge in [-0.3, -0.25) is 4.79 Å². The first kappa shape index (κ1) is 40.5. The first-order chi connectivity index (χ1) is 20.2. The van der Waals surface area contributed by atoms with Gasteiger partial charge >= 0.3 is 18.3 Å². The number of guanidine groups is 1. The summed E-state index contributed by atoms with van der Waals surface area (Å²) in [5.74, 6) is -2.13. The van der Waals surface area contributed by atoms with Crippen LogP contribution in [0.5, 0.6) is 0 Å². The maximum atomic E-state index is 13.5. The minimum atomic E-state index is -4.59. The molecule has 4 N–H and O–H groups in total. The van der Waals surface area contributed by atoms with Crippen LogP contribution < -0.4 is 11.5 Å². The fourth-order valence-electron chi connectivity index (χ4n) is 4.78. The Hall–Kier alpha value is -3.57. The number of methoxy groups -OCH3 is 1. The number of amides is 1. The summed E-state index contributed by atoms with van der Waals surface area (Å²) in [6, 6.07) is 4.72. The van der Waals surface area contributed by atoms with Crippen molar-refractivity contribution in [3.8, 4) is 0 Å². The number of alkyl halides is 6. The molecule has 0 fully saturated rings. The van der Waals surface area contributed by atoms with E-state index in [0.29, 0.717) is 11.1 Å². The summed E-state index contributed by atoms with van der Waals surface area (Å²) in [4.78, 5) is 27.6. The zero-order valence-corrected chi connectivity index (χ0v) is 28.9. The van der Waals surface area contributed by atoms with Crippen LogP contribution in [0.4, 0.5) is 26.3 Å². The summed E-state index contributed by atoms with van der Waals surface area (Å²) >= 11 is 0. The molecule has 0 bridgehead atoms. The molecule has 0 heterocycles. The third-order valence-corrected chi connectivity index (χ3v) is 7.02. The fourth-order valence-corrected chi connectivity index (χ4v) is 4.78. The zero-order chi connectivity index (χ0) is 36.6. The van der Waals surface area contributed by atoms with Crippen molar-refractivity contribution in [1.29, 1.82) is 0 Å². The monoisotopic (exact) mass is 659 g/mol. The Balaban J connectivity index is 0.000000462. The molecular weight excluding hydrogens is 612 g/mol. The van der Waals surface area contributed by atoms with Crippen molar-refractivity contribution in [3.63, 3.8) is 0 Å². The summed E-state index contributed by atoms with van der Waals surface area (Å²) in [5.41, 5.74) is 7.43. The van der Waals surface area contributed by atoms with Gasteiger partial charge in [-0.2, -0.15) is 31.3 Å². The minimum absolute atomic E-state index is 0.0321. The Labute approximate surface area is 268 Å². The Bertz CT molecular complexity index is 1470. The molecule has 258 valence electrons. The first-order valence-corrected chi connectivity index (χ1v) is 14.5. The maximum Gasteiger partial charge on any atom is 0.416 e. The second kappa shape index (κ2) is 13.3. The SMILES string of the molecule is CC(C)(C)c1cc(C(C)(C)C)c(C(F)(F)F)cc1C(=O)N=C(N)N.COC(=O)c1cc(C(F)(F)F)c(C(C)(C)C)cc1C(C)(C)C. The van der Waals surface area contributed by atoms with Crippen molar-refractivity contribution >= 4 is 17.8 Å². The van der Waals surface area contributed by atoms with Crippen LogP contribution in [0.3, 0.4) is 0 Å². The van der Waals surface area contributed by atoms with Crippen LogP contribution in [0.2, 0.25) is 0 Å². The number of hydrogen-bond acceptors (Lipinski definition) is 3. The van der Waals surface area contributed by atoms with Crippen LogP contribution in [-0.4, -0.2) is 24.9 Å². The second-order valence-corrected chi connectivity index (χ2v) is 15.2. The van der Waals surface area contributed by atoms with E-state index in [1.165, 1.54) is 19.2 Å². The number of nitrogens with two attached hydrogens (primary N) is 2. The Morgan fingerprint density at radius 3 is 1.11 bits per heavy atom. The third kappa shape index (κ3) is 10.2. The van der Waals surface area contributed by atoms with E-state index in [0.717, 1.165) is 12.1 Å². The number of halogens is 6. The molecule has 2 aromatic rings. The molecule has 0 radical (unpaired) electrons. The average molecular weight is 660 g/mol.